The van der Waals surface area contributed by atoms with Crippen LogP contribution in [0.25, 0.3) is 0 Å². The van der Waals surface area contributed by atoms with Crippen LogP contribution >= 0.6 is 11.6 Å². The van der Waals surface area contributed by atoms with Crippen LogP contribution in [-0.2, 0) is 33.5 Å². The largest absolute Gasteiger partial charge is 0.449 e. The Kier molecular flexibility index (Phi) is 17.5. The van der Waals surface area contributed by atoms with Crippen molar-refractivity contribution in [3.05, 3.63) is 65.2 Å². The molecule has 17 nitrogen and oxygen atoms in total. The molecule has 18 heteroatoms. The maximum Gasteiger partial charge on any atom is 0.407 e. The number of anilines is 1. The molecular formula is C41H55ClN8O9. The first-order chi connectivity index (χ1) is 28.2. The second kappa shape index (κ2) is 22.4. The number of primary amides is 1. The van der Waals surface area contributed by atoms with Gasteiger partial charge in [-0.1, -0.05) is 94.5 Å². The molecule has 320 valence electrons. The maximum absolute atomic E-state index is 14.5. The molecule has 0 bridgehead atoms. The zero-order valence-corrected chi connectivity index (χ0v) is 34.3. The van der Waals surface area contributed by atoms with Crippen LogP contribution < -0.4 is 37.6 Å². The minimum absolute atomic E-state index is 0.0419. The van der Waals surface area contributed by atoms with Crippen molar-refractivity contribution in [2.75, 3.05) is 25.0 Å². The van der Waals surface area contributed by atoms with Crippen molar-refractivity contribution in [3.8, 4) is 0 Å². The summed E-state index contributed by atoms with van der Waals surface area (Å²) in [5.74, 6) is -5.32. The summed E-state index contributed by atoms with van der Waals surface area (Å²) in [4.78, 5) is 107. The third-order valence-electron chi connectivity index (χ3n) is 10.1. The Morgan fingerprint density at radius 3 is 2.27 bits per heavy atom. The molecule has 1 heterocycles. The van der Waals surface area contributed by atoms with Gasteiger partial charge in [0.05, 0.1) is 25.2 Å². The average molecular weight is 839 g/mol. The minimum atomic E-state index is -1.34. The van der Waals surface area contributed by atoms with Crippen molar-refractivity contribution in [1.29, 1.82) is 0 Å². The standard InChI is InChI=1S/C41H55ClN8O9/c1-4-12-30(35(52)38(55)44-21-32(51)48-33(36(43)53)25-13-7-5-8-14-25)47-37(54)31-20-29(46-40(57)45-28-18-11-17-27(42)19-28)22-50(31)39(56)34(26-15-9-6-10-16-26)49-41(58)59-23-24(2)3/h5,7-8,11,13-14,17-19,24,26,29-31,33-34H,4,6,9-10,12,15-16,20-23H2,1-3H3,(H2,43,53)(H,44,55)(H,47,54)(H,48,51)(H,49,58)(H2,45,46,57)/t29-,30?,31?,33+,34+/m1/s1. The molecule has 0 radical (unpaired) electrons. The van der Waals surface area contributed by atoms with E-state index in [0.717, 1.165) is 19.3 Å². The van der Waals surface area contributed by atoms with Gasteiger partial charge in [0.15, 0.2) is 0 Å². The quantitative estimate of drug-likeness (QED) is 0.109. The fourth-order valence-corrected chi connectivity index (χ4v) is 7.39. The fraction of sp³-hybridized carbons (Fsp3) is 0.512. The first-order valence-corrected chi connectivity index (χ1v) is 20.4. The molecule has 0 spiro atoms. The van der Waals surface area contributed by atoms with E-state index >= 15 is 0 Å². The van der Waals surface area contributed by atoms with Crippen molar-refractivity contribution in [2.45, 2.75) is 102 Å². The van der Waals surface area contributed by atoms with Crippen LogP contribution in [0.15, 0.2) is 54.6 Å². The molecule has 8 amide bonds. The number of hydrogen-bond acceptors (Lipinski definition) is 9. The number of ether oxygens (including phenoxy) is 1. The average Bonchev–Trinajstić information content (AvgIpc) is 3.63. The minimum Gasteiger partial charge on any atom is -0.449 e. The Hall–Kier alpha value is -5.71. The Morgan fingerprint density at radius 1 is 0.915 bits per heavy atom. The molecular weight excluding hydrogens is 784 g/mol. The number of nitrogens with one attached hydrogen (secondary N) is 6. The SMILES string of the molecule is CCCC(NC(=O)C1C[C@@H](NC(=O)Nc2cccc(Cl)c2)CN1C(=O)[C@@H](NC(=O)OCC(C)C)C1CCCCC1)C(=O)C(=O)NCC(=O)N[C@H](C(N)=O)c1ccccc1. The van der Waals surface area contributed by atoms with Gasteiger partial charge in [0.25, 0.3) is 5.91 Å². The summed E-state index contributed by atoms with van der Waals surface area (Å²) < 4.78 is 5.37. The van der Waals surface area contributed by atoms with Crippen LogP contribution in [0.3, 0.4) is 0 Å². The van der Waals surface area contributed by atoms with Crippen LogP contribution in [0.1, 0.15) is 83.7 Å². The first-order valence-electron chi connectivity index (χ1n) is 20.0. The lowest BCUT2D eigenvalue weighted by molar-refractivity contribution is -0.143. The van der Waals surface area contributed by atoms with Gasteiger partial charge in [0, 0.05) is 17.3 Å². The van der Waals surface area contributed by atoms with Crippen molar-refractivity contribution < 1.29 is 43.1 Å². The predicted molar refractivity (Wildman–Crippen MR) is 219 cm³/mol. The van der Waals surface area contributed by atoms with Gasteiger partial charge in [-0.2, -0.15) is 0 Å². The highest BCUT2D eigenvalue weighted by molar-refractivity contribution is 6.38. The Morgan fingerprint density at radius 2 is 1.63 bits per heavy atom. The van der Waals surface area contributed by atoms with Gasteiger partial charge in [-0.05, 0) is 61.3 Å². The lowest BCUT2D eigenvalue weighted by Gasteiger charge is -2.34. The van der Waals surface area contributed by atoms with E-state index in [1.165, 1.54) is 4.90 Å². The first kappa shape index (κ1) is 46.0. The zero-order chi connectivity index (χ0) is 43.1. The van der Waals surface area contributed by atoms with E-state index in [9.17, 15) is 38.4 Å². The van der Waals surface area contributed by atoms with Gasteiger partial charge in [-0.15, -0.1) is 0 Å². The summed E-state index contributed by atoms with van der Waals surface area (Å²) in [7, 11) is 0. The number of hydrogen-bond donors (Lipinski definition) is 7. The second-order valence-electron chi connectivity index (χ2n) is 15.3. The smallest absolute Gasteiger partial charge is 0.407 e. The van der Waals surface area contributed by atoms with Gasteiger partial charge in [0.1, 0.15) is 18.1 Å². The number of Topliss-reactive ketones (excluding diaryl/α,β-unsaturated/α-hetero) is 1. The van der Waals surface area contributed by atoms with E-state index in [2.05, 4.69) is 31.9 Å². The van der Waals surface area contributed by atoms with Gasteiger partial charge in [-0.25, -0.2) is 9.59 Å². The Balaban J connectivity index is 1.51. The number of halogens is 1. The number of alkyl carbamates (subject to hydrolysis) is 1. The number of ketones is 1. The van der Waals surface area contributed by atoms with Crippen LogP contribution in [0.5, 0.6) is 0 Å². The topological polar surface area (TPSA) is 247 Å². The monoisotopic (exact) mass is 838 g/mol. The molecule has 2 aromatic carbocycles. The number of urea groups is 1. The van der Waals surface area contributed by atoms with Crippen molar-refractivity contribution in [3.63, 3.8) is 0 Å². The molecule has 1 aliphatic heterocycles. The molecule has 2 unspecified atom stereocenters. The number of likely N-dealkylation sites (tertiary alicyclic amines) is 1. The third kappa shape index (κ3) is 14.0. The van der Waals surface area contributed by atoms with E-state index in [1.807, 2.05) is 13.8 Å². The Bertz CT molecular complexity index is 1820. The normalized spacial score (nSPS) is 18.1. The van der Waals surface area contributed by atoms with Crippen LogP contribution in [0.4, 0.5) is 15.3 Å². The summed E-state index contributed by atoms with van der Waals surface area (Å²) in [6.07, 6.45) is 3.57. The van der Waals surface area contributed by atoms with E-state index < -0.39 is 84.2 Å². The fourth-order valence-electron chi connectivity index (χ4n) is 7.20. The molecule has 2 fully saturated rings. The number of amides is 8. The lowest BCUT2D eigenvalue weighted by atomic mass is 9.83. The van der Waals surface area contributed by atoms with Crippen LogP contribution in [0.2, 0.25) is 5.02 Å². The summed E-state index contributed by atoms with van der Waals surface area (Å²) >= 11 is 6.08. The zero-order valence-electron chi connectivity index (χ0n) is 33.6. The molecule has 1 aliphatic carbocycles. The van der Waals surface area contributed by atoms with Crippen LogP contribution in [0, 0.1) is 11.8 Å². The van der Waals surface area contributed by atoms with Gasteiger partial charge >= 0.3 is 12.1 Å². The molecule has 5 atom stereocenters. The van der Waals surface area contributed by atoms with Crippen molar-refractivity contribution in [2.24, 2.45) is 17.6 Å². The Labute approximate surface area is 348 Å². The molecule has 1 saturated heterocycles. The highest BCUT2D eigenvalue weighted by Gasteiger charge is 2.45. The summed E-state index contributed by atoms with van der Waals surface area (Å²) in [6.45, 7) is 4.86. The molecule has 2 aromatic rings. The predicted octanol–water partition coefficient (Wildman–Crippen LogP) is 3.08. The van der Waals surface area contributed by atoms with E-state index in [0.29, 0.717) is 35.5 Å². The van der Waals surface area contributed by atoms with E-state index in [-0.39, 0.29) is 37.8 Å². The summed E-state index contributed by atoms with van der Waals surface area (Å²) in [5.41, 5.74) is 6.31. The van der Waals surface area contributed by atoms with Gasteiger partial charge in [-0.3, -0.25) is 28.8 Å². The van der Waals surface area contributed by atoms with E-state index in [4.69, 9.17) is 22.1 Å². The molecule has 59 heavy (non-hydrogen) atoms. The molecule has 0 aromatic heterocycles. The lowest BCUT2D eigenvalue weighted by Crippen LogP contribution is -2.58. The second-order valence-corrected chi connectivity index (χ2v) is 15.7. The molecule has 2 aliphatic rings. The molecule has 1 saturated carbocycles. The van der Waals surface area contributed by atoms with E-state index in [1.54, 1.807) is 61.5 Å². The van der Waals surface area contributed by atoms with Crippen molar-refractivity contribution >= 4 is 64.7 Å². The number of benzene rings is 2. The highest BCUT2D eigenvalue weighted by Crippen LogP contribution is 2.30. The van der Waals surface area contributed by atoms with Crippen LogP contribution in [-0.4, -0.2) is 96.2 Å². The molecule has 8 N–H and O–H groups in total. The number of nitrogens with zero attached hydrogens (tertiary/aromatic N) is 1. The molecule has 4 rings (SSSR count). The highest BCUT2D eigenvalue weighted by atomic mass is 35.5. The number of rotatable bonds is 18. The van der Waals surface area contributed by atoms with Gasteiger partial charge in [0.2, 0.25) is 29.4 Å². The summed E-state index contributed by atoms with van der Waals surface area (Å²) in [6, 6.07) is 8.60. The maximum atomic E-state index is 14.5. The third-order valence-corrected chi connectivity index (χ3v) is 10.3. The number of carbonyl (C=O) groups excluding carboxylic acids is 8. The van der Waals surface area contributed by atoms with Crippen molar-refractivity contribution in [1.82, 2.24) is 31.5 Å². The van der Waals surface area contributed by atoms with Gasteiger partial charge < -0.3 is 47.3 Å². The number of nitrogens with two attached hydrogens (primary N) is 1. The summed E-state index contributed by atoms with van der Waals surface area (Å²) in [5, 5.41) is 16.0. The number of carbonyl (C=O) groups is 8.